The molecule has 4 rings (SSSR count). The predicted octanol–water partition coefficient (Wildman–Crippen LogP) is 3.76. The number of aliphatic hydroxyl groups excluding tert-OH is 2. The monoisotopic (exact) mass is 677 g/mol. The van der Waals surface area contributed by atoms with Crippen LogP contribution in [-0.4, -0.2) is 100 Å². The van der Waals surface area contributed by atoms with Crippen LogP contribution in [0.25, 0.3) is 0 Å². The molecule has 266 valence electrons. The van der Waals surface area contributed by atoms with Gasteiger partial charge in [0, 0.05) is 37.9 Å². The minimum atomic E-state index is -1.12. The number of carbonyl (C=O) groups excluding carboxylic acids is 3. The summed E-state index contributed by atoms with van der Waals surface area (Å²) in [5, 5.41) is 27.6. The van der Waals surface area contributed by atoms with Crippen LogP contribution >= 0.6 is 11.3 Å². The van der Waals surface area contributed by atoms with Gasteiger partial charge in [0.25, 0.3) is 0 Å². The summed E-state index contributed by atoms with van der Waals surface area (Å²) in [4.78, 5) is 49.4. The maximum atomic E-state index is 14.2. The van der Waals surface area contributed by atoms with Gasteiger partial charge < -0.3 is 35.8 Å². The number of hydrogen-bond donors (Lipinski definition) is 4. The molecule has 0 aromatic carbocycles. The molecule has 12 heteroatoms. The molecule has 2 aliphatic carbocycles. The Kier molecular flexibility index (Phi) is 15.2. The van der Waals surface area contributed by atoms with Crippen molar-refractivity contribution in [2.24, 2.45) is 23.7 Å². The van der Waals surface area contributed by atoms with Crippen molar-refractivity contribution in [3.63, 3.8) is 0 Å². The molecule has 3 aliphatic rings. The molecule has 0 spiro atoms. The number of nitrogen functional groups attached to an aromatic ring is 1. The van der Waals surface area contributed by atoms with Gasteiger partial charge in [-0.2, -0.15) is 0 Å². The summed E-state index contributed by atoms with van der Waals surface area (Å²) < 4.78 is 5.42. The van der Waals surface area contributed by atoms with Crippen LogP contribution in [0, 0.1) is 23.7 Å². The molecule has 4 atom stereocenters. The van der Waals surface area contributed by atoms with Crippen LogP contribution in [0.2, 0.25) is 0 Å². The first-order valence-corrected chi connectivity index (χ1v) is 19.0. The number of nitrogens with one attached hydrogen (secondary N) is 1. The van der Waals surface area contributed by atoms with Crippen LogP contribution in [0.1, 0.15) is 103 Å². The first-order valence-electron chi connectivity index (χ1n) is 18.1. The van der Waals surface area contributed by atoms with E-state index in [4.69, 9.17) is 10.5 Å². The molecule has 3 amide bonds. The Morgan fingerprint density at radius 3 is 2.28 bits per heavy atom. The summed E-state index contributed by atoms with van der Waals surface area (Å²) in [6.07, 6.45) is 10.0. The SMILES string of the molecule is CC(C)C[C@H](O)[C@H](O)[C@H](CC1CCCCC1)NC(=O)[C@@H](CC(=O)N(CC(=O)N1CCOCC1)CC1CCCCC1)Cc1csc(N)n1. The summed E-state index contributed by atoms with van der Waals surface area (Å²) in [6, 6.07) is -0.640. The molecule has 1 saturated heterocycles. The second-order valence-corrected chi connectivity index (χ2v) is 15.5. The lowest BCUT2D eigenvalue weighted by Gasteiger charge is -2.34. The fraction of sp³-hybridized carbons (Fsp3) is 0.829. The molecular weight excluding hydrogens is 618 g/mol. The van der Waals surface area contributed by atoms with Crippen LogP contribution in [0.15, 0.2) is 5.38 Å². The highest BCUT2D eigenvalue weighted by molar-refractivity contribution is 7.13. The number of hydrogen-bond acceptors (Lipinski definition) is 9. The molecule has 2 heterocycles. The lowest BCUT2D eigenvalue weighted by molar-refractivity contribution is -0.145. The highest BCUT2D eigenvalue weighted by Crippen LogP contribution is 2.30. The molecule has 0 bridgehead atoms. The number of nitrogens with two attached hydrogens (primary N) is 1. The molecular formula is C35H59N5O6S. The molecule has 0 radical (unpaired) electrons. The van der Waals surface area contributed by atoms with E-state index < -0.39 is 24.2 Å². The third-order valence-electron chi connectivity index (χ3n) is 10.2. The minimum absolute atomic E-state index is 0.0161. The second kappa shape index (κ2) is 19.0. The van der Waals surface area contributed by atoms with Crippen LogP contribution in [0.4, 0.5) is 5.13 Å². The van der Waals surface area contributed by atoms with Crippen LogP contribution in [-0.2, 0) is 25.5 Å². The van der Waals surface area contributed by atoms with Gasteiger partial charge in [-0.15, -0.1) is 11.3 Å². The second-order valence-electron chi connectivity index (χ2n) is 14.6. The van der Waals surface area contributed by atoms with E-state index in [2.05, 4.69) is 10.3 Å². The topological polar surface area (TPSA) is 158 Å². The minimum Gasteiger partial charge on any atom is -0.390 e. The number of nitrogens with zero attached hydrogens (tertiary/aromatic N) is 3. The van der Waals surface area contributed by atoms with Gasteiger partial charge >= 0.3 is 0 Å². The van der Waals surface area contributed by atoms with E-state index in [1.807, 2.05) is 19.2 Å². The predicted molar refractivity (Wildman–Crippen MR) is 183 cm³/mol. The number of aliphatic hydroxyl groups is 2. The number of anilines is 1. The Morgan fingerprint density at radius 2 is 1.68 bits per heavy atom. The maximum Gasteiger partial charge on any atom is 0.242 e. The molecule has 3 fully saturated rings. The number of carbonyl (C=O) groups is 3. The number of amides is 3. The van der Waals surface area contributed by atoms with Crippen molar-refractivity contribution < 1.29 is 29.3 Å². The molecule has 1 aromatic heterocycles. The molecule has 47 heavy (non-hydrogen) atoms. The number of ether oxygens (including phenoxy) is 1. The van der Waals surface area contributed by atoms with Crippen molar-refractivity contribution in [3.05, 3.63) is 11.1 Å². The number of thiazole rings is 1. The summed E-state index contributed by atoms with van der Waals surface area (Å²) in [7, 11) is 0. The van der Waals surface area contributed by atoms with Crippen LogP contribution < -0.4 is 11.1 Å². The van der Waals surface area contributed by atoms with E-state index in [0.717, 1.165) is 51.4 Å². The zero-order valence-corrected chi connectivity index (χ0v) is 29.4. The van der Waals surface area contributed by atoms with Gasteiger partial charge in [-0.05, 0) is 43.4 Å². The van der Waals surface area contributed by atoms with E-state index in [9.17, 15) is 24.6 Å². The Balaban J connectivity index is 1.53. The Morgan fingerprint density at radius 1 is 1.04 bits per heavy atom. The van der Waals surface area contributed by atoms with Crippen molar-refractivity contribution in [2.75, 3.05) is 45.1 Å². The van der Waals surface area contributed by atoms with Gasteiger partial charge in [-0.3, -0.25) is 14.4 Å². The lowest BCUT2D eigenvalue weighted by Crippen LogP contribution is -2.52. The van der Waals surface area contributed by atoms with Gasteiger partial charge in [0.15, 0.2) is 5.13 Å². The van der Waals surface area contributed by atoms with Crippen molar-refractivity contribution in [1.29, 1.82) is 0 Å². The lowest BCUT2D eigenvalue weighted by atomic mass is 9.82. The fourth-order valence-electron chi connectivity index (χ4n) is 7.54. The normalized spacial score (nSPS) is 20.8. The Bertz CT molecular complexity index is 1120. The average molecular weight is 678 g/mol. The van der Waals surface area contributed by atoms with E-state index >= 15 is 0 Å². The molecule has 5 N–H and O–H groups in total. The third-order valence-corrected chi connectivity index (χ3v) is 10.9. The number of aromatic nitrogens is 1. The highest BCUT2D eigenvalue weighted by Gasteiger charge is 2.35. The smallest absolute Gasteiger partial charge is 0.242 e. The van der Waals surface area contributed by atoms with Crippen LogP contribution in [0.3, 0.4) is 0 Å². The van der Waals surface area contributed by atoms with Crippen molar-refractivity contribution in [2.45, 2.75) is 122 Å². The summed E-state index contributed by atoms with van der Waals surface area (Å²) in [6.45, 7) is 6.46. The third kappa shape index (κ3) is 12.3. The average Bonchev–Trinajstić information content (AvgIpc) is 3.48. The largest absolute Gasteiger partial charge is 0.390 e. The van der Waals surface area contributed by atoms with Crippen molar-refractivity contribution >= 4 is 34.2 Å². The van der Waals surface area contributed by atoms with Gasteiger partial charge in [0.05, 0.1) is 43.5 Å². The number of morpholine rings is 1. The summed E-state index contributed by atoms with van der Waals surface area (Å²) in [5.74, 6) is -0.594. The van der Waals surface area contributed by atoms with E-state index in [1.165, 1.54) is 24.2 Å². The Labute approximate surface area is 285 Å². The van der Waals surface area contributed by atoms with Crippen molar-refractivity contribution in [1.82, 2.24) is 20.1 Å². The van der Waals surface area contributed by atoms with E-state index in [-0.39, 0.29) is 43.0 Å². The Hall–Kier alpha value is -2.28. The maximum absolute atomic E-state index is 14.2. The van der Waals surface area contributed by atoms with E-state index in [0.29, 0.717) is 68.4 Å². The highest BCUT2D eigenvalue weighted by atomic mass is 32.1. The van der Waals surface area contributed by atoms with Gasteiger partial charge in [0.2, 0.25) is 17.7 Å². The van der Waals surface area contributed by atoms with Crippen molar-refractivity contribution in [3.8, 4) is 0 Å². The fourth-order valence-corrected chi connectivity index (χ4v) is 8.11. The first kappa shape index (κ1) is 37.5. The van der Waals surface area contributed by atoms with Gasteiger partial charge in [-0.1, -0.05) is 65.2 Å². The molecule has 1 aliphatic heterocycles. The standard InChI is InChI=1S/C35H59N5O6S/c1-24(2)17-30(41)33(44)29(18-25-9-5-3-6-10-25)38-34(45)27(19-28-23-47-35(36)37-28)20-31(42)40(21-26-11-7-4-8-12-26)22-32(43)39-13-15-46-16-14-39/h23-27,29-30,33,41,44H,3-22H2,1-2H3,(H2,36,37)(H,38,45)/t27-,29+,30+,33-/m1/s1. The molecule has 0 unspecified atom stereocenters. The first-order chi connectivity index (χ1) is 22.6. The zero-order valence-electron chi connectivity index (χ0n) is 28.6. The van der Waals surface area contributed by atoms with Crippen LogP contribution in [0.5, 0.6) is 0 Å². The quantitative estimate of drug-likeness (QED) is 0.206. The van der Waals surface area contributed by atoms with Gasteiger partial charge in [0.1, 0.15) is 6.10 Å². The van der Waals surface area contributed by atoms with E-state index in [1.54, 1.807) is 9.80 Å². The molecule has 2 saturated carbocycles. The number of rotatable bonds is 16. The molecule has 1 aromatic rings. The zero-order chi connectivity index (χ0) is 33.8. The summed E-state index contributed by atoms with van der Waals surface area (Å²) in [5.41, 5.74) is 6.56. The summed E-state index contributed by atoms with van der Waals surface area (Å²) >= 11 is 1.29. The molecule has 11 nitrogen and oxygen atoms in total. The van der Waals surface area contributed by atoms with Gasteiger partial charge in [-0.25, -0.2) is 4.98 Å².